The lowest BCUT2D eigenvalue weighted by Crippen LogP contribution is -2.59. The summed E-state index contributed by atoms with van der Waals surface area (Å²) in [6.45, 7) is 3.85. The van der Waals surface area contributed by atoms with Crippen LogP contribution >= 0.6 is 0 Å². The van der Waals surface area contributed by atoms with Gasteiger partial charge < -0.3 is 45.5 Å². The Balaban J connectivity index is 1.68. The van der Waals surface area contributed by atoms with Crippen molar-refractivity contribution in [1.29, 1.82) is 0 Å². The largest absolute Gasteiger partial charge is 0.496 e. The highest BCUT2D eigenvalue weighted by Gasteiger charge is 2.35. The molecule has 14 nitrogen and oxygen atoms in total. The Labute approximate surface area is 328 Å². The van der Waals surface area contributed by atoms with Crippen molar-refractivity contribution >= 4 is 29.5 Å². The first-order chi connectivity index (χ1) is 27.0. The number of ether oxygens (including phenoxy) is 3. The Kier molecular flexibility index (Phi) is 15.3. The second-order valence-electron chi connectivity index (χ2n) is 13.7. The molecule has 2 bridgehead atoms. The number of benzene rings is 3. The molecule has 0 radical (unpaired) electrons. The third-order valence-corrected chi connectivity index (χ3v) is 9.22. The lowest BCUT2D eigenvalue weighted by Gasteiger charge is -2.28. The molecule has 0 spiro atoms. The molecule has 1 aliphatic rings. The average molecular weight is 800 g/mol. The lowest BCUT2D eigenvalue weighted by molar-refractivity contribution is -0.140. The minimum absolute atomic E-state index is 0.0964. The summed E-state index contributed by atoms with van der Waals surface area (Å²) in [5, 5.41) is 21.1. The Bertz CT molecular complexity index is 1920. The first kappa shape index (κ1) is 43.9. The fourth-order valence-corrected chi connectivity index (χ4v) is 6.13. The fourth-order valence-electron chi connectivity index (χ4n) is 6.13. The van der Waals surface area contributed by atoms with Gasteiger partial charge in [-0.1, -0.05) is 38.1 Å². The van der Waals surface area contributed by atoms with Crippen molar-refractivity contribution in [3.63, 3.8) is 0 Å². The van der Waals surface area contributed by atoms with Gasteiger partial charge >= 0.3 is 6.18 Å². The van der Waals surface area contributed by atoms with Crippen molar-refractivity contribution in [3.05, 3.63) is 82.9 Å². The standard InChI is InChI=1S/C40H48F3N5O9/c1-23(2)35-38(53)45-21-27-29(55-4)13-10-14-30(27)57-32-19-26(15-16-31(32)56-5)37(52)44-17-8-9-18-48(22-33(50)46-36(24(3)49)39(54)47-35)34(51)20-25-11-6-7-12-28(25)40(41,42)43/h6-7,10-16,19,23-24,35-36,49H,8-9,17-18,20-22H2,1-5H3,(H,44,52)(H,45,53)(H,46,50)(H,47,54)/t24-,35-,36+/m1/s1. The van der Waals surface area contributed by atoms with E-state index in [1.807, 2.05) is 0 Å². The molecule has 0 aromatic heterocycles. The summed E-state index contributed by atoms with van der Waals surface area (Å²) in [4.78, 5) is 68.4. The number of halogens is 3. The lowest BCUT2D eigenvalue weighted by atomic mass is 10.0. The number of methoxy groups -OCH3 is 2. The molecule has 1 heterocycles. The molecule has 5 amide bonds. The Morgan fingerprint density at radius 3 is 2.26 bits per heavy atom. The number of aliphatic hydroxyl groups is 1. The second kappa shape index (κ2) is 19.8. The molecular formula is C40H48F3N5O9. The molecule has 57 heavy (non-hydrogen) atoms. The van der Waals surface area contributed by atoms with Crippen LogP contribution in [0.1, 0.15) is 60.7 Å². The predicted molar refractivity (Wildman–Crippen MR) is 202 cm³/mol. The van der Waals surface area contributed by atoms with Gasteiger partial charge in [0, 0.05) is 18.7 Å². The van der Waals surface area contributed by atoms with Gasteiger partial charge in [-0.25, -0.2) is 0 Å². The SMILES string of the molecule is COc1ccc2cc1Oc1cccc(OC)c1CNC(=O)[C@@H](C(C)C)NC(=O)[C@H]([C@@H](C)O)NC(=O)CN(C(=O)Cc1ccccc1C(F)(F)F)CCCCNC2=O. The topological polar surface area (TPSA) is 185 Å². The average Bonchev–Trinajstić information content (AvgIpc) is 3.16. The van der Waals surface area contributed by atoms with Crippen LogP contribution in [0, 0.1) is 5.92 Å². The summed E-state index contributed by atoms with van der Waals surface area (Å²) in [6, 6.07) is 11.4. The van der Waals surface area contributed by atoms with Crippen LogP contribution in [0.15, 0.2) is 60.7 Å². The maximum Gasteiger partial charge on any atom is 0.416 e. The molecule has 308 valence electrons. The number of amides is 5. The van der Waals surface area contributed by atoms with Gasteiger partial charge in [0.1, 0.15) is 23.6 Å². The van der Waals surface area contributed by atoms with E-state index in [4.69, 9.17) is 14.2 Å². The Morgan fingerprint density at radius 2 is 1.60 bits per heavy atom. The van der Waals surface area contributed by atoms with Crippen LogP contribution in [0.4, 0.5) is 13.2 Å². The van der Waals surface area contributed by atoms with Crippen LogP contribution in [0.25, 0.3) is 0 Å². The first-order valence-electron chi connectivity index (χ1n) is 18.3. The van der Waals surface area contributed by atoms with E-state index in [1.165, 1.54) is 51.5 Å². The smallest absolute Gasteiger partial charge is 0.416 e. The molecule has 1 aliphatic heterocycles. The number of rotatable bonds is 6. The quantitative estimate of drug-likeness (QED) is 0.248. The zero-order valence-electron chi connectivity index (χ0n) is 32.3. The Hall–Kier alpha value is -5.84. The molecule has 3 aromatic rings. The molecule has 4 rings (SSSR count). The van der Waals surface area contributed by atoms with Crippen LogP contribution in [-0.2, 0) is 38.3 Å². The highest BCUT2D eigenvalue weighted by Crippen LogP contribution is 2.37. The maximum atomic E-state index is 13.8. The number of alkyl halides is 3. The fraction of sp³-hybridized carbons (Fsp3) is 0.425. The van der Waals surface area contributed by atoms with Gasteiger partial charge in [0.25, 0.3) is 5.91 Å². The van der Waals surface area contributed by atoms with Crippen molar-refractivity contribution in [2.45, 2.75) is 70.9 Å². The van der Waals surface area contributed by atoms with Crippen LogP contribution in [0.5, 0.6) is 23.0 Å². The highest BCUT2D eigenvalue weighted by molar-refractivity contribution is 5.95. The number of fused-ring (bicyclic) bond motifs is 3. The molecule has 0 aliphatic carbocycles. The second-order valence-corrected chi connectivity index (χ2v) is 13.7. The summed E-state index contributed by atoms with van der Waals surface area (Å²) in [5.74, 6) is -3.02. The van der Waals surface area contributed by atoms with Gasteiger partial charge in [0.15, 0.2) is 11.5 Å². The number of hydrogen-bond donors (Lipinski definition) is 5. The van der Waals surface area contributed by atoms with Crippen LogP contribution in [0.3, 0.4) is 0 Å². The van der Waals surface area contributed by atoms with Gasteiger partial charge in [0.05, 0.1) is 51.0 Å². The highest BCUT2D eigenvalue weighted by atomic mass is 19.4. The number of aliphatic hydroxyl groups excluding tert-OH is 1. The summed E-state index contributed by atoms with van der Waals surface area (Å²) >= 11 is 0. The van der Waals surface area contributed by atoms with Crippen molar-refractivity contribution in [2.24, 2.45) is 5.92 Å². The van der Waals surface area contributed by atoms with E-state index in [2.05, 4.69) is 21.3 Å². The molecular weight excluding hydrogens is 751 g/mol. The van der Waals surface area contributed by atoms with Crippen molar-refractivity contribution in [3.8, 4) is 23.0 Å². The van der Waals surface area contributed by atoms with Gasteiger partial charge in [-0.15, -0.1) is 0 Å². The van der Waals surface area contributed by atoms with E-state index in [-0.39, 0.29) is 48.7 Å². The summed E-state index contributed by atoms with van der Waals surface area (Å²) in [6.07, 6.45) is -6.34. The minimum atomic E-state index is -4.73. The summed E-state index contributed by atoms with van der Waals surface area (Å²) in [7, 11) is 2.87. The van der Waals surface area contributed by atoms with E-state index in [9.17, 15) is 42.3 Å². The zero-order chi connectivity index (χ0) is 41.9. The van der Waals surface area contributed by atoms with E-state index < -0.39 is 78.3 Å². The number of nitrogens with zero attached hydrogens (tertiary/aromatic N) is 1. The molecule has 0 saturated carbocycles. The number of nitrogens with one attached hydrogen (secondary N) is 4. The van der Waals surface area contributed by atoms with E-state index in [1.54, 1.807) is 38.1 Å². The number of hydrogen-bond acceptors (Lipinski definition) is 9. The van der Waals surface area contributed by atoms with Crippen LogP contribution < -0.4 is 35.5 Å². The maximum absolute atomic E-state index is 13.8. The zero-order valence-corrected chi connectivity index (χ0v) is 32.3. The van der Waals surface area contributed by atoms with Gasteiger partial charge in [0.2, 0.25) is 23.6 Å². The molecule has 0 fully saturated rings. The van der Waals surface area contributed by atoms with Crippen molar-refractivity contribution in [2.75, 3.05) is 33.9 Å². The normalized spacial score (nSPS) is 18.5. The van der Waals surface area contributed by atoms with Crippen LogP contribution in [0.2, 0.25) is 0 Å². The van der Waals surface area contributed by atoms with Crippen LogP contribution in [-0.4, -0.2) is 91.6 Å². The molecule has 5 N–H and O–H groups in total. The van der Waals surface area contributed by atoms with Gasteiger partial charge in [-0.2, -0.15) is 13.2 Å². The van der Waals surface area contributed by atoms with Gasteiger partial charge in [-0.05, 0) is 67.6 Å². The predicted octanol–water partition coefficient (Wildman–Crippen LogP) is 3.73. The first-order valence-corrected chi connectivity index (χ1v) is 18.3. The molecule has 17 heteroatoms. The van der Waals surface area contributed by atoms with E-state index >= 15 is 0 Å². The Morgan fingerprint density at radius 1 is 0.877 bits per heavy atom. The molecule has 3 aromatic carbocycles. The van der Waals surface area contributed by atoms with Crippen molar-refractivity contribution < 1.29 is 56.5 Å². The minimum Gasteiger partial charge on any atom is -0.496 e. The summed E-state index contributed by atoms with van der Waals surface area (Å²) < 4.78 is 58.6. The molecule has 0 saturated heterocycles. The van der Waals surface area contributed by atoms with E-state index in [0.29, 0.717) is 23.5 Å². The third kappa shape index (κ3) is 11.8. The van der Waals surface area contributed by atoms with E-state index in [0.717, 1.165) is 11.0 Å². The number of carbonyl (C=O) groups is 5. The monoisotopic (exact) mass is 799 g/mol. The van der Waals surface area contributed by atoms with Gasteiger partial charge in [-0.3, -0.25) is 24.0 Å². The number of carbonyl (C=O) groups excluding carboxylic acids is 5. The third-order valence-electron chi connectivity index (χ3n) is 9.22. The molecule has 0 unspecified atom stereocenters. The van der Waals surface area contributed by atoms with Crippen molar-refractivity contribution in [1.82, 2.24) is 26.2 Å². The summed E-state index contributed by atoms with van der Waals surface area (Å²) in [5.41, 5.74) is -0.639. The molecule has 3 atom stereocenters.